The highest BCUT2D eigenvalue weighted by atomic mass is 32.1. The van der Waals surface area contributed by atoms with Crippen LogP contribution < -0.4 is 5.56 Å². The van der Waals surface area contributed by atoms with Gasteiger partial charge in [-0.15, -0.1) is 11.3 Å². The van der Waals surface area contributed by atoms with E-state index < -0.39 is 6.10 Å². The first kappa shape index (κ1) is 17.1. The molecule has 1 fully saturated rings. The van der Waals surface area contributed by atoms with Crippen molar-refractivity contribution in [3.05, 3.63) is 27.1 Å². The van der Waals surface area contributed by atoms with Gasteiger partial charge < -0.3 is 9.84 Å². The van der Waals surface area contributed by atoms with Gasteiger partial charge in [0.1, 0.15) is 4.83 Å². The number of aliphatic hydroxyl groups excluding tert-OH is 1. The Morgan fingerprint density at radius 2 is 2.20 bits per heavy atom. The lowest BCUT2D eigenvalue weighted by atomic mass is 9.89. The summed E-state index contributed by atoms with van der Waals surface area (Å²) in [5.41, 5.74) is 1.20. The maximum atomic E-state index is 13.0. The van der Waals surface area contributed by atoms with Crippen molar-refractivity contribution in [3.8, 4) is 0 Å². The molecule has 0 amide bonds. The highest BCUT2D eigenvalue weighted by Crippen LogP contribution is 2.35. The fourth-order valence-electron chi connectivity index (χ4n) is 3.86. The van der Waals surface area contributed by atoms with E-state index in [1.807, 2.05) is 0 Å². The van der Waals surface area contributed by atoms with Gasteiger partial charge in [-0.1, -0.05) is 6.92 Å². The van der Waals surface area contributed by atoms with Crippen molar-refractivity contribution >= 4 is 21.6 Å². The molecule has 0 bridgehead atoms. The number of β-amino-alcohol motifs (C(OH)–C–C–N with tert-alkyl or cyclic N) is 1. The number of aryl methyl sites for hydroxylation is 1. The normalized spacial score (nSPS) is 22.9. The summed E-state index contributed by atoms with van der Waals surface area (Å²) in [5, 5.41) is 11.2. The lowest BCUT2D eigenvalue weighted by molar-refractivity contribution is 0.0113. The van der Waals surface area contributed by atoms with Gasteiger partial charge in [-0.3, -0.25) is 14.3 Å². The fourth-order valence-corrected chi connectivity index (χ4v) is 5.20. The topological polar surface area (TPSA) is 67.6 Å². The van der Waals surface area contributed by atoms with E-state index >= 15 is 0 Å². The Balaban J connectivity index is 1.56. The summed E-state index contributed by atoms with van der Waals surface area (Å²) in [7, 11) is 0. The van der Waals surface area contributed by atoms with Gasteiger partial charge in [0.25, 0.3) is 5.56 Å². The van der Waals surface area contributed by atoms with E-state index in [1.54, 1.807) is 22.2 Å². The minimum absolute atomic E-state index is 0.00178. The molecule has 136 valence electrons. The third-order valence-corrected chi connectivity index (χ3v) is 6.42. The van der Waals surface area contributed by atoms with Crippen molar-refractivity contribution in [2.24, 2.45) is 5.92 Å². The summed E-state index contributed by atoms with van der Waals surface area (Å²) in [6.07, 6.45) is 4.17. The van der Waals surface area contributed by atoms with Gasteiger partial charge in [-0.25, -0.2) is 4.98 Å². The molecular formula is C18H25N3O3S. The largest absolute Gasteiger partial charge is 0.390 e. The van der Waals surface area contributed by atoms with Gasteiger partial charge in [0.15, 0.2) is 0 Å². The number of hydrogen-bond acceptors (Lipinski definition) is 6. The number of hydrogen-bond donors (Lipinski definition) is 1. The zero-order valence-corrected chi connectivity index (χ0v) is 15.4. The van der Waals surface area contributed by atoms with Crippen LogP contribution in [-0.4, -0.2) is 58.5 Å². The summed E-state index contributed by atoms with van der Waals surface area (Å²) < 4.78 is 6.91. The van der Waals surface area contributed by atoms with Crippen molar-refractivity contribution < 1.29 is 9.84 Å². The summed E-state index contributed by atoms with van der Waals surface area (Å²) >= 11 is 1.66. The van der Waals surface area contributed by atoms with Crippen LogP contribution in [0.5, 0.6) is 0 Å². The van der Waals surface area contributed by atoms with E-state index in [2.05, 4.69) is 16.8 Å². The smallest absolute Gasteiger partial charge is 0.262 e. The Morgan fingerprint density at radius 3 is 3.00 bits per heavy atom. The molecule has 2 atom stereocenters. The standard InChI is InChI=1S/C18H25N3O3S/c1-12-2-3-14-15(8-12)25-17-16(14)18(23)21(11-19-17)10-13(22)9-20-4-6-24-7-5-20/h11-13,22H,2-10H2,1H3. The average molecular weight is 363 g/mol. The molecule has 4 rings (SSSR count). The number of nitrogens with zero attached hydrogens (tertiary/aromatic N) is 3. The molecule has 0 saturated carbocycles. The molecular weight excluding hydrogens is 338 g/mol. The molecule has 1 N–H and O–H groups in total. The molecule has 1 aliphatic carbocycles. The van der Waals surface area contributed by atoms with E-state index in [4.69, 9.17) is 4.74 Å². The summed E-state index contributed by atoms with van der Waals surface area (Å²) in [6.45, 7) is 6.20. The number of morpholine rings is 1. The van der Waals surface area contributed by atoms with Crippen LogP contribution >= 0.6 is 11.3 Å². The molecule has 2 aliphatic rings. The third-order valence-electron chi connectivity index (χ3n) is 5.26. The molecule has 2 unspecified atom stereocenters. The molecule has 1 aliphatic heterocycles. The molecule has 7 heteroatoms. The summed E-state index contributed by atoms with van der Waals surface area (Å²) in [5.74, 6) is 0.679. The van der Waals surface area contributed by atoms with Gasteiger partial charge in [0.2, 0.25) is 0 Å². The lowest BCUT2D eigenvalue weighted by Crippen LogP contribution is -2.42. The van der Waals surface area contributed by atoms with E-state index in [-0.39, 0.29) is 5.56 Å². The zero-order chi connectivity index (χ0) is 17.4. The van der Waals surface area contributed by atoms with Gasteiger partial charge in [0, 0.05) is 24.5 Å². The highest BCUT2D eigenvalue weighted by Gasteiger charge is 2.23. The van der Waals surface area contributed by atoms with Crippen molar-refractivity contribution in [2.75, 3.05) is 32.8 Å². The SMILES string of the molecule is CC1CCc2c(sc3ncn(CC(O)CN4CCOCC4)c(=O)c23)C1. The van der Waals surface area contributed by atoms with Gasteiger partial charge in [-0.05, 0) is 30.7 Å². The van der Waals surface area contributed by atoms with Crippen molar-refractivity contribution in [3.63, 3.8) is 0 Å². The number of aromatic nitrogens is 2. The summed E-state index contributed by atoms with van der Waals surface area (Å²) in [6, 6.07) is 0. The van der Waals surface area contributed by atoms with Crippen LogP contribution in [-0.2, 0) is 24.1 Å². The highest BCUT2D eigenvalue weighted by molar-refractivity contribution is 7.18. The first-order valence-corrected chi connectivity index (χ1v) is 9.91. The zero-order valence-electron chi connectivity index (χ0n) is 14.6. The Labute approximate surface area is 151 Å². The first-order valence-electron chi connectivity index (χ1n) is 9.09. The van der Waals surface area contributed by atoms with Crippen molar-refractivity contribution in [2.45, 2.75) is 38.8 Å². The van der Waals surface area contributed by atoms with Crippen LogP contribution in [0.3, 0.4) is 0 Å². The van der Waals surface area contributed by atoms with Crippen LogP contribution in [0.1, 0.15) is 23.8 Å². The predicted octanol–water partition coefficient (Wildman–Crippen LogP) is 1.28. The first-order chi connectivity index (χ1) is 12.1. The molecule has 3 heterocycles. The molecule has 0 spiro atoms. The average Bonchev–Trinajstić information content (AvgIpc) is 2.96. The number of fused-ring (bicyclic) bond motifs is 3. The van der Waals surface area contributed by atoms with E-state index in [0.29, 0.717) is 32.2 Å². The van der Waals surface area contributed by atoms with Crippen molar-refractivity contribution in [1.82, 2.24) is 14.5 Å². The quantitative estimate of drug-likeness (QED) is 0.886. The maximum absolute atomic E-state index is 13.0. The second-order valence-electron chi connectivity index (χ2n) is 7.30. The number of aliphatic hydroxyl groups is 1. The third kappa shape index (κ3) is 3.51. The maximum Gasteiger partial charge on any atom is 0.262 e. The Bertz CT molecular complexity index is 810. The molecule has 0 radical (unpaired) electrons. The van der Waals surface area contributed by atoms with Gasteiger partial charge >= 0.3 is 0 Å². The van der Waals surface area contributed by atoms with Crippen LogP contribution in [0.4, 0.5) is 0 Å². The minimum atomic E-state index is -0.579. The molecule has 0 aromatic carbocycles. The molecule has 25 heavy (non-hydrogen) atoms. The number of ether oxygens (including phenoxy) is 1. The minimum Gasteiger partial charge on any atom is -0.390 e. The number of rotatable bonds is 4. The predicted molar refractivity (Wildman–Crippen MR) is 98.3 cm³/mol. The van der Waals surface area contributed by atoms with Crippen LogP contribution in [0.15, 0.2) is 11.1 Å². The number of thiophene rings is 1. The van der Waals surface area contributed by atoms with Crippen LogP contribution in [0.25, 0.3) is 10.2 Å². The van der Waals surface area contributed by atoms with Crippen molar-refractivity contribution in [1.29, 1.82) is 0 Å². The monoisotopic (exact) mass is 363 g/mol. The van der Waals surface area contributed by atoms with E-state index in [1.165, 1.54) is 10.4 Å². The van der Waals surface area contributed by atoms with E-state index in [0.717, 1.165) is 42.6 Å². The second kappa shape index (κ2) is 7.15. The van der Waals surface area contributed by atoms with Gasteiger partial charge in [-0.2, -0.15) is 0 Å². The van der Waals surface area contributed by atoms with Crippen LogP contribution in [0.2, 0.25) is 0 Å². The molecule has 6 nitrogen and oxygen atoms in total. The lowest BCUT2D eigenvalue weighted by Gasteiger charge is -2.28. The van der Waals surface area contributed by atoms with E-state index in [9.17, 15) is 9.90 Å². The molecule has 2 aromatic rings. The molecule has 2 aromatic heterocycles. The second-order valence-corrected chi connectivity index (χ2v) is 8.38. The summed E-state index contributed by atoms with van der Waals surface area (Å²) in [4.78, 5) is 21.8. The molecule has 1 saturated heterocycles. The Hall–Kier alpha value is -1.28. The Kier molecular flexibility index (Phi) is 4.90. The fraction of sp³-hybridized carbons (Fsp3) is 0.667. The Morgan fingerprint density at radius 1 is 1.40 bits per heavy atom. The van der Waals surface area contributed by atoms with Crippen LogP contribution in [0, 0.1) is 5.92 Å². The van der Waals surface area contributed by atoms with Gasteiger partial charge in [0.05, 0.1) is 37.6 Å².